The number of rotatable bonds is 9. The van der Waals surface area contributed by atoms with E-state index in [0.717, 1.165) is 29.5 Å². The molecule has 4 rings (SSSR count). The van der Waals surface area contributed by atoms with Crippen LogP contribution in [0.4, 0.5) is 4.79 Å². The van der Waals surface area contributed by atoms with E-state index in [1.807, 2.05) is 83.8 Å². The summed E-state index contributed by atoms with van der Waals surface area (Å²) >= 11 is 0. The summed E-state index contributed by atoms with van der Waals surface area (Å²) in [6.45, 7) is 1.93. The van der Waals surface area contributed by atoms with Crippen molar-refractivity contribution in [3.63, 3.8) is 0 Å². The van der Waals surface area contributed by atoms with Gasteiger partial charge in [0.2, 0.25) is 5.91 Å². The van der Waals surface area contributed by atoms with Crippen LogP contribution in [0, 0.1) is 0 Å². The number of hydrogen-bond donors (Lipinski definition) is 1. The number of amides is 2. The van der Waals surface area contributed by atoms with Crippen LogP contribution in [0.5, 0.6) is 0 Å². The summed E-state index contributed by atoms with van der Waals surface area (Å²) in [6, 6.07) is 28.6. The molecular formula is C29H32N2O4. The highest BCUT2D eigenvalue weighted by atomic mass is 16.5. The highest BCUT2D eigenvalue weighted by Crippen LogP contribution is 2.18. The Labute approximate surface area is 206 Å². The molecule has 0 aromatic heterocycles. The first-order valence-corrected chi connectivity index (χ1v) is 12.1. The quantitative estimate of drug-likeness (QED) is 0.489. The van der Waals surface area contributed by atoms with Crippen molar-refractivity contribution in [2.24, 2.45) is 0 Å². The second kappa shape index (κ2) is 12.7. The molecule has 182 valence electrons. The lowest BCUT2D eigenvalue weighted by Crippen LogP contribution is -2.52. The fraction of sp³-hybridized carbons (Fsp3) is 0.310. The monoisotopic (exact) mass is 472 g/mol. The molecule has 1 aliphatic heterocycles. The minimum absolute atomic E-state index is 0.0907. The van der Waals surface area contributed by atoms with Crippen molar-refractivity contribution >= 4 is 12.0 Å². The van der Waals surface area contributed by atoms with E-state index in [4.69, 9.17) is 9.47 Å². The number of hydrogen-bond acceptors (Lipinski definition) is 4. The predicted molar refractivity (Wildman–Crippen MR) is 135 cm³/mol. The van der Waals surface area contributed by atoms with Crippen molar-refractivity contribution in [2.75, 3.05) is 13.1 Å². The standard InChI is InChI=1S/C29H32N2O4/c32-28(31-18-16-26(17-19-31)34-21-24-12-6-2-7-13-24)27(20-23-10-4-1-5-11-23)30-29(33)35-22-25-14-8-3-9-15-25/h1-15,26-27H,16-22H2,(H,30,33)/t27-/m1/s1. The summed E-state index contributed by atoms with van der Waals surface area (Å²) in [4.78, 5) is 27.8. The van der Waals surface area contributed by atoms with E-state index < -0.39 is 12.1 Å². The van der Waals surface area contributed by atoms with Crippen LogP contribution in [0.2, 0.25) is 0 Å². The zero-order valence-corrected chi connectivity index (χ0v) is 19.8. The van der Waals surface area contributed by atoms with Gasteiger partial charge in [0.25, 0.3) is 0 Å². The summed E-state index contributed by atoms with van der Waals surface area (Å²) in [6.07, 6.45) is 1.48. The van der Waals surface area contributed by atoms with Gasteiger partial charge in [0, 0.05) is 19.5 Å². The zero-order chi connectivity index (χ0) is 24.3. The van der Waals surface area contributed by atoms with Gasteiger partial charge < -0.3 is 19.7 Å². The van der Waals surface area contributed by atoms with Gasteiger partial charge in [-0.15, -0.1) is 0 Å². The summed E-state index contributed by atoms with van der Waals surface area (Å²) in [5, 5.41) is 2.81. The molecule has 3 aromatic carbocycles. The van der Waals surface area contributed by atoms with Gasteiger partial charge >= 0.3 is 6.09 Å². The molecule has 2 amide bonds. The average Bonchev–Trinajstić information content (AvgIpc) is 2.92. The van der Waals surface area contributed by atoms with Gasteiger partial charge in [-0.05, 0) is 29.5 Å². The molecule has 1 aliphatic rings. The minimum atomic E-state index is -0.692. The van der Waals surface area contributed by atoms with Crippen LogP contribution in [0.15, 0.2) is 91.0 Å². The Morgan fingerprint density at radius 1 is 0.771 bits per heavy atom. The number of nitrogens with zero attached hydrogens (tertiary/aromatic N) is 1. The zero-order valence-electron chi connectivity index (χ0n) is 19.8. The molecule has 0 radical (unpaired) electrons. The van der Waals surface area contributed by atoms with Crippen LogP contribution in [-0.4, -0.2) is 42.1 Å². The smallest absolute Gasteiger partial charge is 0.408 e. The maximum absolute atomic E-state index is 13.4. The Morgan fingerprint density at radius 3 is 1.86 bits per heavy atom. The molecule has 0 unspecified atom stereocenters. The summed E-state index contributed by atoms with van der Waals surface area (Å²) in [5.41, 5.74) is 3.02. The highest BCUT2D eigenvalue weighted by molar-refractivity contribution is 5.86. The molecular weight excluding hydrogens is 440 g/mol. The van der Waals surface area contributed by atoms with E-state index >= 15 is 0 Å². The number of alkyl carbamates (subject to hydrolysis) is 1. The maximum atomic E-state index is 13.4. The third kappa shape index (κ3) is 7.69. The van der Waals surface area contributed by atoms with Gasteiger partial charge in [0.15, 0.2) is 0 Å². The molecule has 1 N–H and O–H groups in total. The minimum Gasteiger partial charge on any atom is -0.445 e. The number of piperidine rings is 1. The summed E-state index contributed by atoms with van der Waals surface area (Å²) in [7, 11) is 0. The molecule has 0 aliphatic carbocycles. The lowest BCUT2D eigenvalue weighted by Gasteiger charge is -2.34. The van der Waals surface area contributed by atoms with Gasteiger partial charge in [-0.1, -0.05) is 91.0 Å². The lowest BCUT2D eigenvalue weighted by atomic mass is 10.0. The fourth-order valence-corrected chi connectivity index (χ4v) is 4.21. The second-order valence-electron chi connectivity index (χ2n) is 8.77. The molecule has 0 spiro atoms. The van der Waals surface area contributed by atoms with Crippen LogP contribution in [0.1, 0.15) is 29.5 Å². The Morgan fingerprint density at radius 2 is 1.29 bits per heavy atom. The van der Waals surface area contributed by atoms with Gasteiger partial charge in [-0.25, -0.2) is 4.79 Å². The van der Waals surface area contributed by atoms with Crippen LogP contribution in [0.25, 0.3) is 0 Å². The first-order valence-electron chi connectivity index (χ1n) is 12.1. The second-order valence-corrected chi connectivity index (χ2v) is 8.77. The van der Waals surface area contributed by atoms with E-state index in [0.29, 0.717) is 26.1 Å². The van der Waals surface area contributed by atoms with Gasteiger partial charge in [-0.3, -0.25) is 4.79 Å². The average molecular weight is 473 g/mol. The van der Waals surface area contributed by atoms with E-state index in [1.54, 1.807) is 0 Å². The first kappa shape index (κ1) is 24.5. The Hall–Kier alpha value is -3.64. The molecule has 0 bridgehead atoms. The molecule has 1 saturated heterocycles. The highest BCUT2D eigenvalue weighted by Gasteiger charge is 2.30. The van der Waals surface area contributed by atoms with Crippen LogP contribution >= 0.6 is 0 Å². The number of benzene rings is 3. The first-order chi connectivity index (χ1) is 17.2. The van der Waals surface area contributed by atoms with Gasteiger partial charge in [-0.2, -0.15) is 0 Å². The Kier molecular flexibility index (Phi) is 8.90. The van der Waals surface area contributed by atoms with Crippen molar-refractivity contribution in [3.05, 3.63) is 108 Å². The predicted octanol–water partition coefficient (Wildman–Crippen LogP) is 4.73. The molecule has 1 heterocycles. The fourth-order valence-electron chi connectivity index (χ4n) is 4.21. The van der Waals surface area contributed by atoms with E-state index in [9.17, 15) is 9.59 Å². The number of likely N-dealkylation sites (tertiary alicyclic amines) is 1. The Bertz CT molecular complexity index is 1050. The van der Waals surface area contributed by atoms with Crippen LogP contribution < -0.4 is 5.32 Å². The largest absolute Gasteiger partial charge is 0.445 e. The number of nitrogens with one attached hydrogen (secondary N) is 1. The van der Waals surface area contributed by atoms with E-state index in [-0.39, 0.29) is 18.6 Å². The van der Waals surface area contributed by atoms with Crippen molar-refractivity contribution in [1.29, 1.82) is 0 Å². The molecule has 35 heavy (non-hydrogen) atoms. The van der Waals surface area contributed by atoms with Crippen molar-refractivity contribution in [1.82, 2.24) is 10.2 Å². The Balaban J connectivity index is 1.32. The topological polar surface area (TPSA) is 67.9 Å². The molecule has 1 atom stereocenters. The van der Waals surface area contributed by atoms with Crippen molar-refractivity contribution < 1.29 is 19.1 Å². The lowest BCUT2D eigenvalue weighted by molar-refractivity contribution is -0.136. The van der Waals surface area contributed by atoms with Gasteiger partial charge in [0.1, 0.15) is 12.6 Å². The number of carbonyl (C=O) groups is 2. The molecule has 3 aromatic rings. The normalized spacial score (nSPS) is 14.8. The molecule has 0 saturated carbocycles. The SMILES string of the molecule is O=C(N[C@H](Cc1ccccc1)C(=O)N1CCC(OCc2ccccc2)CC1)OCc1ccccc1. The third-order valence-corrected chi connectivity index (χ3v) is 6.17. The van der Waals surface area contributed by atoms with Gasteiger partial charge in [0.05, 0.1) is 12.7 Å². The summed E-state index contributed by atoms with van der Waals surface area (Å²) < 4.78 is 11.4. The van der Waals surface area contributed by atoms with Crippen LogP contribution in [-0.2, 0) is 33.9 Å². The van der Waals surface area contributed by atoms with E-state index in [1.165, 1.54) is 0 Å². The maximum Gasteiger partial charge on any atom is 0.408 e. The van der Waals surface area contributed by atoms with Crippen LogP contribution in [0.3, 0.4) is 0 Å². The van der Waals surface area contributed by atoms with Crippen molar-refractivity contribution in [3.8, 4) is 0 Å². The molecule has 6 heteroatoms. The number of carbonyl (C=O) groups excluding carboxylic acids is 2. The number of ether oxygens (including phenoxy) is 2. The molecule has 6 nitrogen and oxygen atoms in total. The summed E-state index contributed by atoms with van der Waals surface area (Å²) in [5.74, 6) is -0.0907. The third-order valence-electron chi connectivity index (χ3n) is 6.17. The van der Waals surface area contributed by atoms with Crippen molar-refractivity contribution in [2.45, 2.75) is 44.6 Å². The molecule has 1 fully saturated rings. The van der Waals surface area contributed by atoms with E-state index in [2.05, 4.69) is 17.4 Å².